The highest BCUT2D eigenvalue weighted by molar-refractivity contribution is 6.35. The average molecular weight is 290 g/mol. The average Bonchev–Trinajstić information content (AvgIpc) is 2.27. The molecule has 102 valence electrons. The van der Waals surface area contributed by atoms with E-state index in [1.165, 1.54) is 0 Å². The van der Waals surface area contributed by atoms with Crippen LogP contribution >= 0.6 is 23.2 Å². The van der Waals surface area contributed by atoms with Gasteiger partial charge in [-0.3, -0.25) is 0 Å². The lowest BCUT2D eigenvalue weighted by atomic mass is 10.1. The molecule has 1 atom stereocenters. The lowest BCUT2D eigenvalue weighted by Gasteiger charge is -2.16. The van der Waals surface area contributed by atoms with Crippen LogP contribution in [0.4, 0.5) is 0 Å². The minimum atomic E-state index is 0.192. The zero-order chi connectivity index (χ0) is 13.5. The van der Waals surface area contributed by atoms with Crippen LogP contribution in [0, 0.1) is 5.92 Å². The Morgan fingerprint density at radius 3 is 2.56 bits per heavy atom. The third kappa shape index (κ3) is 5.57. The SMILES string of the molecule is CC(C)COCCNC(C)c1ccc(Cl)cc1Cl. The minimum absolute atomic E-state index is 0.192. The molecule has 1 aromatic rings. The summed E-state index contributed by atoms with van der Waals surface area (Å²) in [6, 6.07) is 5.77. The first-order valence-corrected chi connectivity index (χ1v) is 7.02. The second-order valence-electron chi connectivity index (χ2n) is 4.81. The number of halogens is 2. The van der Waals surface area contributed by atoms with Gasteiger partial charge < -0.3 is 10.1 Å². The first kappa shape index (κ1) is 15.8. The van der Waals surface area contributed by atoms with E-state index < -0.39 is 0 Å². The third-order valence-electron chi connectivity index (χ3n) is 2.58. The van der Waals surface area contributed by atoms with Gasteiger partial charge >= 0.3 is 0 Å². The van der Waals surface area contributed by atoms with Crippen molar-refractivity contribution >= 4 is 23.2 Å². The lowest BCUT2D eigenvalue weighted by Crippen LogP contribution is -2.24. The Balaban J connectivity index is 2.34. The van der Waals surface area contributed by atoms with Gasteiger partial charge in [-0.25, -0.2) is 0 Å². The van der Waals surface area contributed by atoms with Gasteiger partial charge in [0.05, 0.1) is 6.61 Å². The van der Waals surface area contributed by atoms with E-state index in [0.29, 0.717) is 22.6 Å². The molecule has 1 rings (SSSR count). The summed E-state index contributed by atoms with van der Waals surface area (Å²) in [7, 11) is 0. The summed E-state index contributed by atoms with van der Waals surface area (Å²) in [5.41, 5.74) is 1.06. The Labute approximate surface area is 120 Å². The highest BCUT2D eigenvalue weighted by Crippen LogP contribution is 2.25. The van der Waals surface area contributed by atoms with Crippen LogP contribution < -0.4 is 5.32 Å². The predicted octanol–water partition coefficient (Wildman–Crippen LogP) is 4.32. The molecule has 0 amide bonds. The highest BCUT2D eigenvalue weighted by atomic mass is 35.5. The standard InChI is InChI=1S/C14H21Cl2NO/c1-10(2)9-18-7-6-17-11(3)13-5-4-12(15)8-14(13)16/h4-5,8,10-11,17H,6-7,9H2,1-3H3. The smallest absolute Gasteiger partial charge is 0.0591 e. The summed E-state index contributed by atoms with van der Waals surface area (Å²) in [6.07, 6.45) is 0. The number of benzene rings is 1. The first-order valence-electron chi connectivity index (χ1n) is 6.26. The lowest BCUT2D eigenvalue weighted by molar-refractivity contribution is 0.110. The first-order chi connectivity index (χ1) is 8.50. The van der Waals surface area contributed by atoms with Gasteiger partial charge in [0, 0.05) is 29.2 Å². The molecule has 0 spiro atoms. The molecule has 0 aromatic heterocycles. The number of nitrogens with one attached hydrogen (secondary N) is 1. The second kappa shape index (κ2) is 8.00. The molecule has 1 aromatic carbocycles. The van der Waals surface area contributed by atoms with Gasteiger partial charge in [-0.1, -0.05) is 43.1 Å². The van der Waals surface area contributed by atoms with E-state index >= 15 is 0 Å². The molecule has 0 saturated carbocycles. The number of rotatable bonds is 7. The molecule has 0 fully saturated rings. The Morgan fingerprint density at radius 2 is 1.94 bits per heavy atom. The van der Waals surface area contributed by atoms with Gasteiger partial charge in [-0.2, -0.15) is 0 Å². The maximum absolute atomic E-state index is 6.15. The largest absolute Gasteiger partial charge is 0.380 e. The summed E-state index contributed by atoms with van der Waals surface area (Å²) in [5, 5.41) is 4.74. The topological polar surface area (TPSA) is 21.3 Å². The Morgan fingerprint density at radius 1 is 1.22 bits per heavy atom. The van der Waals surface area contributed by atoms with E-state index in [9.17, 15) is 0 Å². The van der Waals surface area contributed by atoms with Gasteiger partial charge in [0.2, 0.25) is 0 Å². The molecule has 2 nitrogen and oxygen atoms in total. The van der Waals surface area contributed by atoms with E-state index in [0.717, 1.165) is 18.7 Å². The summed E-state index contributed by atoms with van der Waals surface area (Å²) >= 11 is 12.0. The van der Waals surface area contributed by atoms with Crippen LogP contribution in [0.2, 0.25) is 10.0 Å². The summed E-state index contributed by atoms with van der Waals surface area (Å²) in [4.78, 5) is 0. The monoisotopic (exact) mass is 289 g/mol. The van der Waals surface area contributed by atoms with Crippen molar-refractivity contribution in [3.63, 3.8) is 0 Å². The molecular weight excluding hydrogens is 269 g/mol. The van der Waals surface area contributed by atoms with E-state index in [2.05, 4.69) is 26.1 Å². The van der Waals surface area contributed by atoms with Gasteiger partial charge in [0.15, 0.2) is 0 Å². The van der Waals surface area contributed by atoms with Crippen LogP contribution in [0.1, 0.15) is 32.4 Å². The number of hydrogen-bond acceptors (Lipinski definition) is 2. The molecule has 0 heterocycles. The van der Waals surface area contributed by atoms with E-state index in [-0.39, 0.29) is 6.04 Å². The maximum Gasteiger partial charge on any atom is 0.0591 e. The fourth-order valence-corrected chi connectivity index (χ4v) is 2.20. The Hall–Kier alpha value is -0.280. The summed E-state index contributed by atoms with van der Waals surface area (Å²) in [6.45, 7) is 8.70. The van der Waals surface area contributed by atoms with Crippen molar-refractivity contribution in [1.82, 2.24) is 5.32 Å². The van der Waals surface area contributed by atoms with Crippen molar-refractivity contribution in [1.29, 1.82) is 0 Å². The van der Waals surface area contributed by atoms with Gasteiger partial charge in [-0.15, -0.1) is 0 Å². The molecule has 1 unspecified atom stereocenters. The van der Waals surface area contributed by atoms with Gasteiger partial charge in [0.1, 0.15) is 0 Å². The molecule has 18 heavy (non-hydrogen) atoms. The van der Waals surface area contributed by atoms with Crippen molar-refractivity contribution in [2.45, 2.75) is 26.8 Å². The van der Waals surface area contributed by atoms with Crippen LogP contribution in [0.3, 0.4) is 0 Å². The van der Waals surface area contributed by atoms with Crippen LogP contribution in [0.25, 0.3) is 0 Å². The van der Waals surface area contributed by atoms with E-state index in [4.69, 9.17) is 27.9 Å². The molecule has 0 radical (unpaired) electrons. The van der Waals surface area contributed by atoms with Crippen molar-refractivity contribution in [2.75, 3.05) is 19.8 Å². The third-order valence-corrected chi connectivity index (χ3v) is 3.14. The molecule has 0 aliphatic rings. The number of hydrogen-bond donors (Lipinski definition) is 1. The maximum atomic E-state index is 6.15. The summed E-state index contributed by atoms with van der Waals surface area (Å²) < 4.78 is 5.51. The Kier molecular flexibility index (Phi) is 7.02. The molecule has 0 aliphatic carbocycles. The van der Waals surface area contributed by atoms with E-state index in [1.54, 1.807) is 6.07 Å². The minimum Gasteiger partial charge on any atom is -0.380 e. The summed E-state index contributed by atoms with van der Waals surface area (Å²) in [5.74, 6) is 0.577. The molecule has 0 aliphatic heterocycles. The van der Waals surface area contributed by atoms with E-state index in [1.807, 2.05) is 12.1 Å². The number of ether oxygens (including phenoxy) is 1. The molecule has 0 saturated heterocycles. The van der Waals surface area contributed by atoms with Crippen molar-refractivity contribution in [2.24, 2.45) is 5.92 Å². The molecule has 4 heteroatoms. The zero-order valence-electron chi connectivity index (χ0n) is 11.2. The fraction of sp³-hybridized carbons (Fsp3) is 0.571. The highest BCUT2D eigenvalue weighted by Gasteiger charge is 2.09. The van der Waals surface area contributed by atoms with Gasteiger partial charge in [-0.05, 0) is 30.5 Å². The fourth-order valence-electron chi connectivity index (χ4n) is 1.63. The molecule has 0 bridgehead atoms. The zero-order valence-corrected chi connectivity index (χ0v) is 12.7. The van der Waals surface area contributed by atoms with Crippen molar-refractivity contribution < 1.29 is 4.74 Å². The predicted molar refractivity (Wildman–Crippen MR) is 78.5 cm³/mol. The van der Waals surface area contributed by atoms with Crippen LogP contribution in [0.5, 0.6) is 0 Å². The van der Waals surface area contributed by atoms with Crippen LogP contribution in [0.15, 0.2) is 18.2 Å². The van der Waals surface area contributed by atoms with Crippen molar-refractivity contribution in [3.8, 4) is 0 Å². The van der Waals surface area contributed by atoms with Crippen LogP contribution in [-0.4, -0.2) is 19.8 Å². The van der Waals surface area contributed by atoms with Crippen molar-refractivity contribution in [3.05, 3.63) is 33.8 Å². The Bertz CT molecular complexity index is 369. The van der Waals surface area contributed by atoms with Crippen LogP contribution in [-0.2, 0) is 4.74 Å². The normalized spacial score (nSPS) is 13.0. The molecule has 1 N–H and O–H groups in total. The second-order valence-corrected chi connectivity index (χ2v) is 5.65. The quantitative estimate of drug-likeness (QED) is 0.755. The van der Waals surface area contributed by atoms with Gasteiger partial charge in [0.25, 0.3) is 0 Å². The molecular formula is C14H21Cl2NO.